The lowest BCUT2D eigenvalue weighted by molar-refractivity contribution is -0.140. The van der Waals surface area contributed by atoms with E-state index in [-0.39, 0.29) is 11.6 Å². The van der Waals surface area contributed by atoms with Crippen LogP contribution in [0.2, 0.25) is 0 Å². The van der Waals surface area contributed by atoms with Gasteiger partial charge in [0.1, 0.15) is 17.4 Å². The molecule has 5 nitrogen and oxygen atoms in total. The highest BCUT2D eigenvalue weighted by Crippen LogP contribution is 2.27. The monoisotopic (exact) mass is 330 g/mol. The Kier molecular flexibility index (Phi) is 6.29. The molecule has 1 fully saturated rings. The summed E-state index contributed by atoms with van der Waals surface area (Å²) >= 11 is 0. The molecule has 0 spiro atoms. The molecule has 0 aliphatic heterocycles. The minimum Gasteiger partial charge on any atom is -0.494 e. The van der Waals surface area contributed by atoms with Crippen LogP contribution >= 0.6 is 0 Å². The molecule has 1 aromatic carbocycles. The third kappa shape index (κ3) is 4.31. The Morgan fingerprint density at radius 3 is 2.42 bits per heavy atom. The predicted molar refractivity (Wildman–Crippen MR) is 90.2 cm³/mol. The molecule has 0 bridgehead atoms. The zero-order valence-corrected chi connectivity index (χ0v) is 14.0. The number of hydrogen-bond acceptors (Lipinski definition) is 5. The molecule has 2 rings (SSSR count). The van der Waals surface area contributed by atoms with E-state index in [1.54, 1.807) is 24.3 Å². The second kappa shape index (κ2) is 8.43. The fourth-order valence-corrected chi connectivity index (χ4v) is 2.68. The van der Waals surface area contributed by atoms with Crippen LogP contribution in [0.15, 0.2) is 24.3 Å². The second-order valence-corrected chi connectivity index (χ2v) is 5.52. The maximum absolute atomic E-state index is 12.2. The van der Waals surface area contributed by atoms with Crippen LogP contribution in [-0.2, 0) is 14.4 Å². The molecule has 1 aliphatic carbocycles. The SMILES string of the molecule is CCOc1ccc(C=CC(=O)C2C(=O)CCCC2=O)c(OCC)c1. The first kappa shape index (κ1) is 17.9. The number of allylic oxidation sites excluding steroid dienone is 1. The van der Waals surface area contributed by atoms with E-state index in [0.29, 0.717) is 49.5 Å². The van der Waals surface area contributed by atoms with Gasteiger partial charge in [0, 0.05) is 24.5 Å². The predicted octanol–water partition coefficient (Wildman–Crippen LogP) is 3.00. The Morgan fingerprint density at radius 2 is 1.79 bits per heavy atom. The molecule has 1 aromatic rings. The third-order valence-corrected chi connectivity index (χ3v) is 3.80. The van der Waals surface area contributed by atoms with Crippen molar-refractivity contribution < 1.29 is 23.9 Å². The van der Waals surface area contributed by atoms with Gasteiger partial charge in [-0.3, -0.25) is 14.4 Å². The highest BCUT2D eigenvalue weighted by atomic mass is 16.5. The van der Waals surface area contributed by atoms with Crippen molar-refractivity contribution >= 4 is 23.4 Å². The quantitative estimate of drug-likeness (QED) is 0.568. The lowest BCUT2D eigenvalue weighted by Crippen LogP contribution is -2.34. The largest absolute Gasteiger partial charge is 0.494 e. The summed E-state index contributed by atoms with van der Waals surface area (Å²) in [5.41, 5.74) is 0.698. The van der Waals surface area contributed by atoms with Gasteiger partial charge in [-0.2, -0.15) is 0 Å². The van der Waals surface area contributed by atoms with Gasteiger partial charge in [0.05, 0.1) is 13.2 Å². The Balaban J connectivity index is 2.19. The van der Waals surface area contributed by atoms with Gasteiger partial charge in [0.15, 0.2) is 17.3 Å². The average Bonchev–Trinajstić information content (AvgIpc) is 2.54. The molecule has 1 saturated carbocycles. The third-order valence-electron chi connectivity index (χ3n) is 3.80. The zero-order valence-electron chi connectivity index (χ0n) is 14.0. The van der Waals surface area contributed by atoms with Crippen molar-refractivity contribution in [1.82, 2.24) is 0 Å². The van der Waals surface area contributed by atoms with E-state index in [1.165, 1.54) is 6.08 Å². The van der Waals surface area contributed by atoms with E-state index in [1.807, 2.05) is 13.8 Å². The van der Waals surface area contributed by atoms with Crippen LogP contribution in [0, 0.1) is 5.92 Å². The van der Waals surface area contributed by atoms with Crippen LogP contribution in [0.25, 0.3) is 6.08 Å². The highest BCUT2D eigenvalue weighted by molar-refractivity contribution is 6.24. The maximum atomic E-state index is 12.2. The van der Waals surface area contributed by atoms with Crippen molar-refractivity contribution in [3.8, 4) is 11.5 Å². The first-order valence-electron chi connectivity index (χ1n) is 8.23. The number of benzene rings is 1. The van der Waals surface area contributed by atoms with Gasteiger partial charge in [-0.1, -0.05) is 0 Å². The van der Waals surface area contributed by atoms with Gasteiger partial charge in [-0.05, 0) is 44.6 Å². The van der Waals surface area contributed by atoms with E-state index in [0.717, 1.165) is 0 Å². The number of Topliss-reactive ketones (excluding diaryl/α,β-unsaturated/α-hetero) is 2. The molecular weight excluding hydrogens is 308 g/mol. The summed E-state index contributed by atoms with van der Waals surface area (Å²) in [4.78, 5) is 35.9. The van der Waals surface area contributed by atoms with Crippen molar-refractivity contribution in [3.63, 3.8) is 0 Å². The molecule has 0 aromatic heterocycles. The zero-order chi connectivity index (χ0) is 17.5. The summed E-state index contributed by atoms with van der Waals surface area (Å²) < 4.78 is 11.0. The molecule has 0 saturated heterocycles. The standard InChI is InChI=1S/C19H22O5/c1-3-23-14-10-8-13(18(12-14)24-4-2)9-11-17(22)19-15(20)6-5-7-16(19)21/h8-12,19H,3-7H2,1-2H3. The molecule has 24 heavy (non-hydrogen) atoms. The number of ketones is 3. The summed E-state index contributed by atoms with van der Waals surface area (Å²) in [6, 6.07) is 5.32. The Labute approximate surface area is 141 Å². The second-order valence-electron chi connectivity index (χ2n) is 5.52. The smallest absolute Gasteiger partial charge is 0.173 e. The van der Waals surface area contributed by atoms with Crippen molar-refractivity contribution in [2.45, 2.75) is 33.1 Å². The number of ether oxygens (including phenoxy) is 2. The molecule has 0 radical (unpaired) electrons. The van der Waals surface area contributed by atoms with E-state index < -0.39 is 11.7 Å². The van der Waals surface area contributed by atoms with Crippen LogP contribution in [0.5, 0.6) is 11.5 Å². The summed E-state index contributed by atoms with van der Waals surface area (Å²) in [7, 11) is 0. The van der Waals surface area contributed by atoms with E-state index in [4.69, 9.17) is 9.47 Å². The number of carbonyl (C=O) groups is 3. The van der Waals surface area contributed by atoms with Gasteiger partial charge in [-0.15, -0.1) is 0 Å². The van der Waals surface area contributed by atoms with Crippen molar-refractivity contribution in [2.75, 3.05) is 13.2 Å². The molecule has 0 amide bonds. The van der Waals surface area contributed by atoms with Gasteiger partial charge in [0.2, 0.25) is 0 Å². The molecule has 128 valence electrons. The van der Waals surface area contributed by atoms with Crippen molar-refractivity contribution in [2.24, 2.45) is 5.92 Å². The number of carbonyl (C=O) groups excluding carboxylic acids is 3. The fraction of sp³-hybridized carbons (Fsp3) is 0.421. The summed E-state index contributed by atoms with van der Waals surface area (Å²) in [6.07, 6.45) is 4.01. The molecule has 0 unspecified atom stereocenters. The fourth-order valence-electron chi connectivity index (χ4n) is 2.68. The summed E-state index contributed by atoms with van der Waals surface area (Å²) in [5, 5.41) is 0. The molecular formula is C19H22O5. The van der Waals surface area contributed by atoms with E-state index in [2.05, 4.69) is 0 Å². The Bertz CT molecular complexity index is 644. The number of rotatable bonds is 7. The molecule has 5 heteroatoms. The van der Waals surface area contributed by atoms with Crippen LogP contribution < -0.4 is 9.47 Å². The lowest BCUT2D eigenvalue weighted by atomic mass is 9.83. The molecule has 0 heterocycles. The molecule has 1 aliphatic rings. The van der Waals surface area contributed by atoms with Crippen LogP contribution in [0.1, 0.15) is 38.7 Å². The molecule has 0 N–H and O–H groups in total. The van der Waals surface area contributed by atoms with Gasteiger partial charge in [0.25, 0.3) is 0 Å². The summed E-state index contributed by atoms with van der Waals surface area (Å²) in [5.74, 6) is -0.875. The first-order valence-corrected chi connectivity index (χ1v) is 8.23. The Hall–Kier alpha value is -2.43. The van der Waals surface area contributed by atoms with Crippen molar-refractivity contribution in [3.05, 3.63) is 29.8 Å². The van der Waals surface area contributed by atoms with Gasteiger partial charge >= 0.3 is 0 Å². The van der Waals surface area contributed by atoms with Crippen LogP contribution in [0.4, 0.5) is 0 Å². The molecule has 0 atom stereocenters. The number of hydrogen-bond donors (Lipinski definition) is 0. The first-order chi connectivity index (χ1) is 11.6. The lowest BCUT2D eigenvalue weighted by Gasteiger charge is -2.16. The Morgan fingerprint density at radius 1 is 1.12 bits per heavy atom. The average molecular weight is 330 g/mol. The van der Waals surface area contributed by atoms with E-state index >= 15 is 0 Å². The van der Waals surface area contributed by atoms with Gasteiger partial charge in [-0.25, -0.2) is 0 Å². The van der Waals surface area contributed by atoms with Crippen LogP contribution in [-0.4, -0.2) is 30.6 Å². The summed E-state index contributed by atoms with van der Waals surface area (Å²) in [6.45, 7) is 4.78. The topological polar surface area (TPSA) is 69.7 Å². The maximum Gasteiger partial charge on any atom is 0.173 e. The van der Waals surface area contributed by atoms with Crippen LogP contribution in [0.3, 0.4) is 0 Å². The van der Waals surface area contributed by atoms with Crippen molar-refractivity contribution in [1.29, 1.82) is 0 Å². The van der Waals surface area contributed by atoms with Gasteiger partial charge < -0.3 is 9.47 Å². The minimum atomic E-state index is -1.13. The highest BCUT2D eigenvalue weighted by Gasteiger charge is 2.34. The normalized spacial score (nSPS) is 15.8. The van der Waals surface area contributed by atoms with E-state index in [9.17, 15) is 14.4 Å². The minimum absolute atomic E-state index is 0.280.